The Balaban J connectivity index is 1.93. The Morgan fingerprint density at radius 3 is 3.22 bits per heavy atom. The molecule has 0 aromatic carbocycles. The molecule has 6 nitrogen and oxygen atoms in total. The van der Waals surface area contributed by atoms with Crippen LogP contribution in [0.1, 0.15) is 13.8 Å². The number of hydrogen-bond donors (Lipinski definition) is 2. The summed E-state index contributed by atoms with van der Waals surface area (Å²) in [6, 6.07) is -0.329. The molecule has 0 saturated carbocycles. The van der Waals surface area contributed by atoms with Gasteiger partial charge < -0.3 is 10.1 Å². The van der Waals surface area contributed by atoms with Crippen LogP contribution in [0, 0.1) is 0 Å². The van der Waals surface area contributed by atoms with E-state index in [1.165, 1.54) is 11.3 Å². The molecule has 1 aromatic heterocycles. The van der Waals surface area contributed by atoms with Crippen LogP contribution in [0.2, 0.25) is 0 Å². The third-order valence-corrected chi connectivity index (χ3v) is 4.36. The molecule has 2 rings (SSSR count). The van der Waals surface area contributed by atoms with Crippen LogP contribution in [0.3, 0.4) is 0 Å². The van der Waals surface area contributed by atoms with Gasteiger partial charge in [0.25, 0.3) is 0 Å². The molecule has 1 aromatic rings. The molecule has 1 aliphatic heterocycles. The second-order valence-electron chi connectivity index (χ2n) is 3.80. The number of amides is 1. The normalized spacial score (nSPS) is 23.9. The SMILES string of the molecule is CCSc1nnc(NC(=O)[C@H]2NCCO[C@@H]2C)s1. The zero-order chi connectivity index (χ0) is 13.0. The lowest BCUT2D eigenvalue weighted by Crippen LogP contribution is -2.53. The number of rotatable bonds is 4. The number of aromatic nitrogens is 2. The Bertz CT molecular complexity index is 412. The fourth-order valence-electron chi connectivity index (χ4n) is 1.65. The highest BCUT2D eigenvalue weighted by Gasteiger charge is 2.28. The van der Waals surface area contributed by atoms with Crippen LogP contribution in [-0.4, -0.2) is 47.2 Å². The fraction of sp³-hybridized carbons (Fsp3) is 0.700. The number of carbonyl (C=O) groups is 1. The summed E-state index contributed by atoms with van der Waals surface area (Å²) < 4.78 is 6.30. The summed E-state index contributed by atoms with van der Waals surface area (Å²) in [5, 5.41) is 14.4. The molecular weight excluding hydrogens is 272 g/mol. The molecule has 2 atom stereocenters. The summed E-state index contributed by atoms with van der Waals surface area (Å²) in [6.45, 7) is 5.26. The molecule has 1 fully saturated rings. The minimum atomic E-state index is -0.329. The van der Waals surface area contributed by atoms with Gasteiger partial charge in [0.2, 0.25) is 11.0 Å². The third-order valence-electron chi connectivity index (χ3n) is 2.50. The number of nitrogens with one attached hydrogen (secondary N) is 2. The Labute approximate surface area is 114 Å². The predicted molar refractivity (Wildman–Crippen MR) is 72.1 cm³/mol. The van der Waals surface area contributed by atoms with Gasteiger partial charge in [0.1, 0.15) is 6.04 Å². The highest BCUT2D eigenvalue weighted by Crippen LogP contribution is 2.25. The van der Waals surface area contributed by atoms with Gasteiger partial charge in [-0.2, -0.15) is 0 Å². The standard InChI is InChI=1S/C10H16N4O2S2/c1-3-17-10-14-13-9(18-10)12-8(15)7-6(2)16-5-4-11-7/h6-7,11H,3-5H2,1-2H3,(H,12,13,15)/t6-,7+/m1/s1. The maximum atomic E-state index is 12.0. The van der Waals surface area contributed by atoms with E-state index in [2.05, 4.69) is 27.8 Å². The first-order valence-electron chi connectivity index (χ1n) is 5.83. The second-order valence-corrected chi connectivity index (χ2v) is 6.29. The van der Waals surface area contributed by atoms with Crippen LogP contribution >= 0.6 is 23.1 Å². The molecule has 0 spiro atoms. The molecule has 1 saturated heterocycles. The molecule has 1 amide bonds. The van der Waals surface area contributed by atoms with Crippen LogP contribution in [0.25, 0.3) is 0 Å². The molecule has 2 N–H and O–H groups in total. The lowest BCUT2D eigenvalue weighted by molar-refractivity contribution is -0.123. The summed E-state index contributed by atoms with van der Waals surface area (Å²) in [4.78, 5) is 12.0. The number of anilines is 1. The minimum Gasteiger partial charge on any atom is -0.375 e. The van der Waals surface area contributed by atoms with Gasteiger partial charge in [-0.15, -0.1) is 10.2 Å². The van der Waals surface area contributed by atoms with Gasteiger partial charge in [0.15, 0.2) is 4.34 Å². The van der Waals surface area contributed by atoms with Crippen molar-refractivity contribution in [1.82, 2.24) is 15.5 Å². The van der Waals surface area contributed by atoms with Gasteiger partial charge in [-0.1, -0.05) is 30.0 Å². The van der Waals surface area contributed by atoms with Crippen molar-refractivity contribution in [3.8, 4) is 0 Å². The molecule has 0 bridgehead atoms. The van der Waals surface area contributed by atoms with Crippen molar-refractivity contribution in [3.05, 3.63) is 0 Å². The average Bonchev–Trinajstić information content (AvgIpc) is 2.77. The maximum Gasteiger partial charge on any atom is 0.246 e. The highest BCUT2D eigenvalue weighted by atomic mass is 32.2. The van der Waals surface area contributed by atoms with E-state index in [0.717, 1.165) is 10.1 Å². The maximum absolute atomic E-state index is 12.0. The number of morpholine rings is 1. The summed E-state index contributed by atoms with van der Waals surface area (Å²) in [5.74, 6) is 0.823. The van der Waals surface area contributed by atoms with Crippen LogP contribution < -0.4 is 10.6 Å². The minimum absolute atomic E-state index is 0.119. The van der Waals surface area contributed by atoms with Gasteiger partial charge in [-0.25, -0.2) is 0 Å². The van der Waals surface area contributed by atoms with Gasteiger partial charge in [0, 0.05) is 6.54 Å². The van der Waals surface area contributed by atoms with Crippen LogP contribution in [-0.2, 0) is 9.53 Å². The Hall–Kier alpha value is -0.700. The van der Waals surface area contributed by atoms with Gasteiger partial charge in [-0.3, -0.25) is 10.1 Å². The smallest absolute Gasteiger partial charge is 0.246 e. The first-order valence-corrected chi connectivity index (χ1v) is 7.63. The highest BCUT2D eigenvalue weighted by molar-refractivity contribution is 8.01. The number of nitrogens with zero attached hydrogens (tertiary/aromatic N) is 2. The molecule has 0 aliphatic carbocycles. The summed E-state index contributed by atoms with van der Waals surface area (Å²) in [6.07, 6.45) is -0.129. The van der Waals surface area contributed by atoms with Crippen LogP contribution in [0.4, 0.5) is 5.13 Å². The summed E-state index contributed by atoms with van der Waals surface area (Å²) in [7, 11) is 0. The zero-order valence-corrected chi connectivity index (χ0v) is 11.9. The van der Waals surface area contributed by atoms with Crippen molar-refractivity contribution < 1.29 is 9.53 Å². The van der Waals surface area contributed by atoms with E-state index in [4.69, 9.17) is 4.74 Å². The van der Waals surface area contributed by atoms with E-state index in [1.54, 1.807) is 11.8 Å². The third kappa shape index (κ3) is 3.41. The van der Waals surface area contributed by atoms with Crippen molar-refractivity contribution in [2.24, 2.45) is 0 Å². The topological polar surface area (TPSA) is 76.1 Å². The number of carbonyl (C=O) groups excluding carboxylic acids is 1. The average molecular weight is 288 g/mol. The lowest BCUT2D eigenvalue weighted by atomic mass is 10.1. The van der Waals surface area contributed by atoms with Crippen molar-refractivity contribution in [2.75, 3.05) is 24.2 Å². The van der Waals surface area contributed by atoms with Crippen LogP contribution in [0.15, 0.2) is 4.34 Å². The monoisotopic (exact) mass is 288 g/mol. The number of thioether (sulfide) groups is 1. The quantitative estimate of drug-likeness (QED) is 0.635. The first-order chi connectivity index (χ1) is 8.70. The van der Waals surface area contributed by atoms with E-state index in [0.29, 0.717) is 18.3 Å². The lowest BCUT2D eigenvalue weighted by Gasteiger charge is -2.28. The zero-order valence-electron chi connectivity index (χ0n) is 10.3. The van der Waals surface area contributed by atoms with E-state index in [1.807, 2.05) is 6.92 Å². The van der Waals surface area contributed by atoms with Gasteiger partial charge in [0.05, 0.1) is 12.7 Å². The van der Waals surface area contributed by atoms with Crippen molar-refractivity contribution in [3.63, 3.8) is 0 Å². The largest absolute Gasteiger partial charge is 0.375 e. The molecule has 18 heavy (non-hydrogen) atoms. The molecule has 100 valence electrons. The Morgan fingerprint density at radius 2 is 2.50 bits per heavy atom. The van der Waals surface area contributed by atoms with Crippen molar-refractivity contribution >= 4 is 34.1 Å². The van der Waals surface area contributed by atoms with E-state index >= 15 is 0 Å². The molecule has 1 aliphatic rings. The molecule has 0 unspecified atom stereocenters. The Morgan fingerprint density at radius 1 is 1.67 bits per heavy atom. The van der Waals surface area contributed by atoms with Crippen molar-refractivity contribution in [2.45, 2.75) is 30.3 Å². The van der Waals surface area contributed by atoms with E-state index in [9.17, 15) is 4.79 Å². The van der Waals surface area contributed by atoms with Gasteiger partial charge in [-0.05, 0) is 12.7 Å². The molecule has 0 radical (unpaired) electrons. The van der Waals surface area contributed by atoms with Crippen molar-refractivity contribution in [1.29, 1.82) is 0 Å². The Kier molecular flexibility index (Phi) is 4.93. The van der Waals surface area contributed by atoms with Gasteiger partial charge >= 0.3 is 0 Å². The van der Waals surface area contributed by atoms with Crippen LogP contribution in [0.5, 0.6) is 0 Å². The molecule has 2 heterocycles. The van der Waals surface area contributed by atoms with E-state index < -0.39 is 0 Å². The fourth-order valence-corrected chi connectivity index (χ4v) is 3.30. The predicted octanol–water partition coefficient (Wildman–Crippen LogP) is 0.965. The summed E-state index contributed by atoms with van der Waals surface area (Å²) in [5.41, 5.74) is 0. The second kappa shape index (κ2) is 6.46. The first kappa shape index (κ1) is 13.7. The summed E-state index contributed by atoms with van der Waals surface area (Å²) >= 11 is 3.00. The molecular formula is C10H16N4O2S2. The van der Waals surface area contributed by atoms with E-state index in [-0.39, 0.29) is 18.1 Å². The molecule has 8 heteroatoms. The number of hydrogen-bond acceptors (Lipinski definition) is 7. The number of ether oxygens (including phenoxy) is 1.